The molecule has 7 heteroatoms. The lowest BCUT2D eigenvalue weighted by molar-refractivity contribution is -0.385. The van der Waals surface area contributed by atoms with Gasteiger partial charge in [-0.05, 0) is 18.6 Å². The second kappa shape index (κ2) is 7.42. The lowest BCUT2D eigenvalue weighted by Gasteiger charge is -2.05. The van der Waals surface area contributed by atoms with Gasteiger partial charge in [-0.1, -0.05) is 0 Å². The molecule has 0 spiro atoms. The van der Waals surface area contributed by atoms with Crippen molar-refractivity contribution in [2.45, 2.75) is 19.9 Å². The molecule has 6 nitrogen and oxygen atoms in total. The number of carbonyl (C=O) groups excluding carboxylic acids is 1. The van der Waals surface area contributed by atoms with Crippen molar-refractivity contribution >= 4 is 11.6 Å². The molecule has 104 valence electrons. The van der Waals surface area contributed by atoms with Gasteiger partial charge in [0.15, 0.2) is 0 Å². The minimum atomic E-state index is -0.644. The topological polar surface area (TPSA) is 84.3 Å². The van der Waals surface area contributed by atoms with Gasteiger partial charge in [0.05, 0.1) is 11.0 Å². The summed E-state index contributed by atoms with van der Waals surface area (Å²) < 4.78 is 13.1. The molecule has 1 aromatic carbocycles. The third-order valence-electron chi connectivity index (χ3n) is 2.39. The first-order valence-corrected chi connectivity index (χ1v) is 5.94. The van der Waals surface area contributed by atoms with Crippen LogP contribution < -0.4 is 10.6 Å². The zero-order valence-corrected chi connectivity index (χ0v) is 10.6. The average molecular weight is 269 g/mol. The Morgan fingerprint density at radius 3 is 2.79 bits per heavy atom. The van der Waals surface area contributed by atoms with E-state index in [0.717, 1.165) is 6.07 Å². The predicted molar refractivity (Wildman–Crippen MR) is 68.1 cm³/mol. The number of nitro benzene ring substituents is 1. The molecular formula is C12H16FN3O3. The van der Waals surface area contributed by atoms with Crippen LogP contribution in [-0.4, -0.2) is 23.9 Å². The average Bonchev–Trinajstić information content (AvgIpc) is 2.34. The molecule has 0 atom stereocenters. The molecule has 0 radical (unpaired) electrons. The maximum Gasteiger partial charge on any atom is 0.272 e. The highest BCUT2D eigenvalue weighted by Crippen LogP contribution is 2.16. The summed E-state index contributed by atoms with van der Waals surface area (Å²) in [6.45, 7) is 3.11. The molecule has 0 saturated heterocycles. The number of halogens is 1. The number of non-ortho nitro benzene ring substituents is 1. The lowest BCUT2D eigenvalue weighted by Crippen LogP contribution is -2.27. The highest BCUT2D eigenvalue weighted by atomic mass is 19.1. The number of hydrogen-bond acceptors (Lipinski definition) is 4. The van der Waals surface area contributed by atoms with Gasteiger partial charge in [-0.25, -0.2) is 4.39 Å². The molecule has 1 rings (SSSR count). The van der Waals surface area contributed by atoms with Crippen LogP contribution in [0.5, 0.6) is 0 Å². The molecule has 2 N–H and O–H groups in total. The zero-order chi connectivity index (χ0) is 14.3. The molecule has 1 aromatic rings. The summed E-state index contributed by atoms with van der Waals surface area (Å²) in [5, 5.41) is 16.1. The van der Waals surface area contributed by atoms with Gasteiger partial charge in [-0.3, -0.25) is 14.9 Å². The highest BCUT2D eigenvalue weighted by molar-refractivity contribution is 5.75. The summed E-state index contributed by atoms with van der Waals surface area (Å²) in [4.78, 5) is 21.1. The van der Waals surface area contributed by atoms with Gasteiger partial charge in [0.25, 0.3) is 5.69 Å². The monoisotopic (exact) mass is 269 g/mol. The van der Waals surface area contributed by atoms with Gasteiger partial charge in [-0.15, -0.1) is 0 Å². The quantitative estimate of drug-likeness (QED) is 0.444. The maximum absolute atomic E-state index is 13.1. The number of rotatable bonds is 7. The Kier molecular flexibility index (Phi) is 5.87. The third-order valence-corrected chi connectivity index (χ3v) is 2.39. The van der Waals surface area contributed by atoms with E-state index in [0.29, 0.717) is 25.1 Å². The smallest absolute Gasteiger partial charge is 0.272 e. The maximum atomic E-state index is 13.1. The standard InChI is InChI=1S/C12H16FN3O3/c1-2-15-12(17)3-4-14-8-9-5-10(13)7-11(6-9)16(18)19/h5-7,14H,2-4,8H2,1H3,(H,15,17). The van der Waals surface area contributed by atoms with E-state index in [4.69, 9.17) is 0 Å². The fraction of sp³-hybridized carbons (Fsp3) is 0.417. The Balaban J connectivity index is 2.45. The second-order valence-electron chi connectivity index (χ2n) is 3.96. The van der Waals surface area contributed by atoms with Crippen LogP contribution >= 0.6 is 0 Å². The minimum absolute atomic E-state index is 0.0692. The van der Waals surface area contributed by atoms with Crippen molar-refractivity contribution in [3.8, 4) is 0 Å². The van der Waals surface area contributed by atoms with Crippen LogP contribution in [0.1, 0.15) is 18.9 Å². The molecule has 0 aliphatic heterocycles. The first-order valence-electron chi connectivity index (χ1n) is 5.94. The molecule has 19 heavy (non-hydrogen) atoms. The van der Waals surface area contributed by atoms with Crippen molar-refractivity contribution in [3.05, 3.63) is 39.7 Å². The first kappa shape index (κ1) is 15.0. The van der Waals surface area contributed by atoms with Crippen LogP contribution in [-0.2, 0) is 11.3 Å². The summed E-state index contributed by atoms with van der Waals surface area (Å²) in [7, 11) is 0. The van der Waals surface area contributed by atoms with Crippen LogP contribution in [0.3, 0.4) is 0 Å². The largest absolute Gasteiger partial charge is 0.356 e. The number of carbonyl (C=O) groups is 1. The molecular weight excluding hydrogens is 253 g/mol. The van der Waals surface area contributed by atoms with Crippen LogP contribution in [0.2, 0.25) is 0 Å². The van der Waals surface area contributed by atoms with E-state index >= 15 is 0 Å². The molecule has 0 fully saturated rings. The van der Waals surface area contributed by atoms with Gasteiger partial charge < -0.3 is 10.6 Å². The van der Waals surface area contributed by atoms with E-state index in [2.05, 4.69) is 10.6 Å². The normalized spacial score (nSPS) is 10.2. The van der Waals surface area contributed by atoms with Crippen molar-refractivity contribution in [1.29, 1.82) is 0 Å². The number of benzene rings is 1. The third kappa shape index (κ3) is 5.43. The summed E-state index contributed by atoms with van der Waals surface area (Å²) in [6.07, 6.45) is 0.311. The highest BCUT2D eigenvalue weighted by Gasteiger charge is 2.09. The molecule has 0 aliphatic rings. The van der Waals surface area contributed by atoms with Crippen molar-refractivity contribution in [3.63, 3.8) is 0 Å². The summed E-state index contributed by atoms with van der Waals surface area (Å²) in [5.74, 6) is -0.713. The molecule has 0 aromatic heterocycles. The number of hydrogen-bond donors (Lipinski definition) is 2. The van der Waals surface area contributed by atoms with Crippen LogP contribution in [0.25, 0.3) is 0 Å². The minimum Gasteiger partial charge on any atom is -0.356 e. The Hall–Kier alpha value is -2.02. The fourth-order valence-corrected chi connectivity index (χ4v) is 1.56. The van der Waals surface area contributed by atoms with Gasteiger partial charge in [0.2, 0.25) is 5.91 Å². The van der Waals surface area contributed by atoms with E-state index in [9.17, 15) is 19.3 Å². The van der Waals surface area contributed by atoms with Crippen molar-refractivity contribution < 1.29 is 14.1 Å². The van der Waals surface area contributed by atoms with Gasteiger partial charge in [0, 0.05) is 32.1 Å². The van der Waals surface area contributed by atoms with E-state index in [-0.39, 0.29) is 18.1 Å². The second-order valence-corrected chi connectivity index (χ2v) is 3.96. The number of amides is 1. The zero-order valence-electron chi connectivity index (χ0n) is 10.6. The van der Waals surface area contributed by atoms with Crippen molar-refractivity contribution in [2.24, 2.45) is 0 Å². The summed E-state index contributed by atoms with van der Waals surface area (Å²) >= 11 is 0. The number of nitro groups is 1. The van der Waals surface area contributed by atoms with Crippen LogP contribution in [0, 0.1) is 15.9 Å². The molecule has 0 bridgehead atoms. The Morgan fingerprint density at radius 2 is 2.16 bits per heavy atom. The van der Waals surface area contributed by atoms with E-state index in [1.54, 1.807) is 0 Å². The molecule has 1 amide bonds. The first-order chi connectivity index (χ1) is 9.02. The van der Waals surface area contributed by atoms with Crippen LogP contribution in [0.15, 0.2) is 18.2 Å². The summed E-state index contributed by atoms with van der Waals surface area (Å²) in [5.41, 5.74) is 0.197. The predicted octanol–water partition coefficient (Wildman–Crippen LogP) is 1.35. The van der Waals surface area contributed by atoms with E-state index in [1.165, 1.54) is 12.1 Å². The van der Waals surface area contributed by atoms with Crippen LogP contribution in [0.4, 0.5) is 10.1 Å². The van der Waals surface area contributed by atoms with Crippen molar-refractivity contribution in [2.75, 3.05) is 13.1 Å². The summed E-state index contributed by atoms with van der Waals surface area (Å²) in [6, 6.07) is 3.41. The Labute approximate surface area is 110 Å². The fourth-order valence-electron chi connectivity index (χ4n) is 1.56. The lowest BCUT2D eigenvalue weighted by atomic mass is 10.2. The molecule has 0 aliphatic carbocycles. The van der Waals surface area contributed by atoms with Crippen molar-refractivity contribution in [1.82, 2.24) is 10.6 Å². The van der Waals surface area contributed by atoms with E-state index in [1.807, 2.05) is 6.92 Å². The number of nitrogens with zero attached hydrogens (tertiary/aromatic N) is 1. The Bertz CT molecular complexity index is 466. The molecule has 0 saturated carbocycles. The molecule has 0 heterocycles. The molecule has 0 unspecified atom stereocenters. The van der Waals surface area contributed by atoms with E-state index < -0.39 is 10.7 Å². The SMILES string of the molecule is CCNC(=O)CCNCc1cc(F)cc([N+](=O)[O-])c1. The van der Waals surface area contributed by atoms with Gasteiger partial charge in [-0.2, -0.15) is 0 Å². The van der Waals surface area contributed by atoms with Gasteiger partial charge in [0.1, 0.15) is 5.82 Å². The van der Waals surface area contributed by atoms with Gasteiger partial charge >= 0.3 is 0 Å². The Morgan fingerprint density at radius 1 is 1.42 bits per heavy atom. The number of nitrogens with one attached hydrogen (secondary N) is 2.